The quantitative estimate of drug-likeness (QED) is 0.636. The van der Waals surface area contributed by atoms with Gasteiger partial charge in [0.25, 0.3) is 0 Å². The maximum atomic E-state index is 13.2. The zero-order valence-electron chi connectivity index (χ0n) is 14.5. The molecular formula is C18H20F3NO4. The summed E-state index contributed by atoms with van der Waals surface area (Å²) in [7, 11) is 0. The lowest BCUT2D eigenvalue weighted by Gasteiger charge is -2.31. The Morgan fingerprint density at radius 2 is 1.73 bits per heavy atom. The molecule has 1 saturated carbocycles. The predicted octanol–water partition coefficient (Wildman–Crippen LogP) is 3.27. The third kappa shape index (κ3) is 2.81. The van der Waals surface area contributed by atoms with Crippen molar-refractivity contribution in [3.8, 4) is 0 Å². The van der Waals surface area contributed by atoms with Crippen molar-refractivity contribution in [1.82, 2.24) is 0 Å². The van der Waals surface area contributed by atoms with Crippen LogP contribution in [0.15, 0.2) is 18.2 Å². The summed E-state index contributed by atoms with van der Waals surface area (Å²) in [4.78, 5) is 25.8. The molecular weight excluding hydrogens is 351 g/mol. The highest BCUT2D eigenvalue weighted by atomic mass is 19.4. The molecule has 0 bridgehead atoms. The molecule has 0 amide bonds. The Bertz CT molecular complexity index is 710. The van der Waals surface area contributed by atoms with Gasteiger partial charge in [0.2, 0.25) is 5.41 Å². The van der Waals surface area contributed by atoms with Crippen LogP contribution in [-0.4, -0.2) is 31.2 Å². The van der Waals surface area contributed by atoms with Gasteiger partial charge in [0, 0.05) is 11.3 Å². The molecule has 1 heterocycles. The molecule has 1 N–H and O–H groups in total. The Kier molecular flexibility index (Phi) is 4.62. The number of carbonyl (C=O) groups excluding carboxylic acids is 2. The van der Waals surface area contributed by atoms with Crippen LogP contribution in [0.3, 0.4) is 0 Å². The second-order valence-corrected chi connectivity index (χ2v) is 6.47. The zero-order valence-corrected chi connectivity index (χ0v) is 14.5. The van der Waals surface area contributed by atoms with Gasteiger partial charge < -0.3 is 14.8 Å². The van der Waals surface area contributed by atoms with Gasteiger partial charge >= 0.3 is 18.1 Å². The van der Waals surface area contributed by atoms with Crippen LogP contribution in [0.4, 0.5) is 18.9 Å². The topological polar surface area (TPSA) is 64.6 Å². The van der Waals surface area contributed by atoms with E-state index in [0.717, 1.165) is 25.0 Å². The SMILES string of the molecule is CCOC(=O)C1(C(=O)OCC)c2cc(C(F)(F)F)ccc2NC1C1CC1. The zero-order chi connectivity index (χ0) is 19.1. The highest BCUT2D eigenvalue weighted by Crippen LogP contribution is 2.52. The van der Waals surface area contributed by atoms with Crippen LogP contribution in [0.5, 0.6) is 0 Å². The maximum absolute atomic E-state index is 13.2. The van der Waals surface area contributed by atoms with E-state index in [2.05, 4.69) is 5.32 Å². The average molecular weight is 371 g/mol. The van der Waals surface area contributed by atoms with E-state index in [9.17, 15) is 22.8 Å². The Morgan fingerprint density at radius 1 is 1.15 bits per heavy atom. The van der Waals surface area contributed by atoms with Gasteiger partial charge in [0.1, 0.15) is 0 Å². The van der Waals surface area contributed by atoms with Gasteiger partial charge in [-0.05, 0) is 50.8 Å². The number of halogens is 3. The van der Waals surface area contributed by atoms with Crippen molar-refractivity contribution in [2.75, 3.05) is 18.5 Å². The standard InChI is InChI=1S/C18H20F3NO4/c1-3-25-15(23)17(16(24)26-4-2)12-9-11(18(19,20)21)7-8-13(12)22-14(17)10-5-6-10/h7-10,14,22H,3-6H2,1-2H3. The maximum Gasteiger partial charge on any atom is 0.416 e. The number of fused-ring (bicyclic) bond motifs is 1. The number of rotatable bonds is 5. The molecule has 0 radical (unpaired) electrons. The molecule has 1 aromatic carbocycles. The minimum Gasteiger partial charge on any atom is -0.465 e. The first kappa shape index (κ1) is 18.5. The van der Waals surface area contributed by atoms with Gasteiger partial charge in [-0.2, -0.15) is 13.2 Å². The van der Waals surface area contributed by atoms with Crippen LogP contribution >= 0.6 is 0 Å². The number of carbonyl (C=O) groups is 2. The minimum atomic E-state index is -4.60. The van der Waals surface area contributed by atoms with Crippen LogP contribution < -0.4 is 5.32 Å². The summed E-state index contributed by atoms with van der Waals surface area (Å²) in [6, 6.07) is 2.37. The number of ether oxygens (including phenoxy) is 2. The number of hydrogen-bond donors (Lipinski definition) is 1. The summed E-state index contributed by atoms with van der Waals surface area (Å²) < 4.78 is 49.9. The molecule has 2 aliphatic rings. The van der Waals surface area contributed by atoms with E-state index >= 15 is 0 Å². The summed E-state index contributed by atoms with van der Waals surface area (Å²) in [6.45, 7) is 3.17. The molecule has 1 aromatic rings. The molecule has 0 spiro atoms. The molecule has 142 valence electrons. The summed E-state index contributed by atoms with van der Waals surface area (Å²) in [5, 5.41) is 3.08. The van der Waals surface area contributed by atoms with Crippen molar-refractivity contribution in [3.05, 3.63) is 29.3 Å². The first-order valence-electron chi connectivity index (χ1n) is 8.59. The largest absolute Gasteiger partial charge is 0.465 e. The van der Waals surface area contributed by atoms with E-state index in [4.69, 9.17) is 9.47 Å². The highest BCUT2D eigenvalue weighted by molar-refractivity contribution is 6.10. The van der Waals surface area contributed by atoms with Gasteiger partial charge in [-0.1, -0.05) is 0 Å². The van der Waals surface area contributed by atoms with Gasteiger partial charge in [0.15, 0.2) is 0 Å². The second-order valence-electron chi connectivity index (χ2n) is 6.47. The predicted molar refractivity (Wildman–Crippen MR) is 86.5 cm³/mol. The average Bonchev–Trinajstić information content (AvgIpc) is 3.35. The first-order valence-corrected chi connectivity index (χ1v) is 8.59. The normalized spacial score (nSPS) is 20.9. The highest BCUT2D eigenvalue weighted by Gasteiger charge is 2.64. The van der Waals surface area contributed by atoms with E-state index < -0.39 is 35.1 Å². The third-order valence-corrected chi connectivity index (χ3v) is 4.84. The molecule has 1 unspecified atom stereocenters. The first-order chi connectivity index (χ1) is 12.3. The van der Waals surface area contributed by atoms with Crippen LogP contribution in [0.25, 0.3) is 0 Å². The fourth-order valence-electron chi connectivity index (χ4n) is 3.56. The summed E-state index contributed by atoms with van der Waals surface area (Å²) in [5.41, 5.74) is -2.55. The number of alkyl halides is 3. The molecule has 5 nitrogen and oxygen atoms in total. The van der Waals surface area contributed by atoms with Gasteiger partial charge in [-0.3, -0.25) is 9.59 Å². The lowest BCUT2D eigenvalue weighted by atomic mass is 9.74. The molecule has 1 fully saturated rings. The molecule has 1 atom stereocenters. The Hall–Kier alpha value is -2.25. The number of esters is 2. The van der Waals surface area contributed by atoms with Crippen molar-refractivity contribution in [2.24, 2.45) is 5.92 Å². The number of hydrogen-bond acceptors (Lipinski definition) is 5. The Balaban J connectivity index is 2.21. The summed E-state index contributed by atoms with van der Waals surface area (Å²) in [5.74, 6) is -1.76. The summed E-state index contributed by atoms with van der Waals surface area (Å²) in [6.07, 6.45) is -3.04. The molecule has 1 aliphatic heterocycles. The van der Waals surface area contributed by atoms with Crippen molar-refractivity contribution < 1.29 is 32.2 Å². The van der Waals surface area contributed by atoms with Gasteiger partial charge in [-0.15, -0.1) is 0 Å². The van der Waals surface area contributed by atoms with Crippen LogP contribution in [0, 0.1) is 5.92 Å². The number of nitrogens with one attached hydrogen (secondary N) is 1. The van der Waals surface area contributed by atoms with E-state index in [-0.39, 0.29) is 24.7 Å². The van der Waals surface area contributed by atoms with Crippen LogP contribution in [0.1, 0.15) is 37.8 Å². The number of benzene rings is 1. The van der Waals surface area contributed by atoms with Crippen molar-refractivity contribution in [1.29, 1.82) is 0 Å². The van der Waals surface area contributed by atoms with E-state index in [1.807, 2.05) is 0 Å². The van der Waals surface area contributed by atoms with Crippen molar-refractivity contribution in [3.63, 3.8) is 0 Å². The number of anilines is 1. The molecule has 1 aliphatic carbocycles. The fraction of sp³-hybridized carbons (Fsp3) is 0.556. The van der Waals surface area contributed by atoms with E-state index in [1.165, 1.54) is 6.07 Å². The van der Waals surface area contributed by atoms with Gasteiger partial charge in [-0.25, -0.2) is 0 Å². The van der Waals surface area contributed by atoms with E-state index in [1.54, 1.807) is 13.8 Å². The van der Waals surface area contributed by atoms with Crippen LogP contribution in [0.2, 0.25) is 0 Å². The molecule has 0 aromatic heterocycles. The lowest BCUT2D eigenvalue weighted by molar-refractivity contribution is -0.166. The Labute approximate surface area is 148 Å². The molecule has 26 heavy (non-hydrogen) atoms. The van der Waals surface area contributed by atoms with E-state index in [0.29, 0.717) is 5.69 Å². The minimum absolute atomic E-state index is 0.00562. The smallest absolute Gasteiger partial charge is 0.416 e. The summed E-state index contributed by atoms with van der Waals surface area (Å²) >= 11 is 0. The monoisotopic (exact) mass is 371 g/mol. The molecule has 0 saturated heterocycles. The van der Waals surface area contributed by atoms with Crippen molar-refractivity contribution in [2.45, 2.75) is 44.3 Å². The fourth-order valence-corrected chi connectivity index (χ4v) is 3.56. The van der Waals surface area contributed by atoms with Crippen LogP contribution in [-0.2, 0) is 30.7 Å². The second kappa shape index (κ2) is 6.48. The van der Waals surface area contributed by atoms with Crippen molar-refractivity contribution >= 4 is 17.6 Å². The molecule has 8 heteroatoms. The Morgan fingerprint density at radius 3 is 2.19 bits per heavy atom. The third-order valence-electron chi connectivity index (χ3n) is 4.84. The molecule has 3 rings (SSSR count). The van der Waals surface area contributed by atoms with Gasteiger partial charge in [0.05, 0.1) is 24.8 Å². The lowest BCUT2D eigenvalue weighted by Crippen LogP contribution is -2.54.